The van der Waals surface area contributed by atoms with Gasteiger partial charge in [0.2, 0.25) is 5.88 Å². The Hall–Kier alpha value is -1.23. The Kier molecular flexibility index (Phi) is 4.25. The summed E-state index contributed by atoms with van der Waals surface area (Å²) in [5.74, 6) is 0.424. The van der Waals surface area contributed by atoms with E-state index >= 15 is 0 Å². The first-order valence-electron chi connectivity index (χ1n) is 4.49. The van der Waals surface area contributed by atoms with E-state index < -0.39 is 0 Å². The first kappa shape index (κ1) is 10.8. The van der Waals surface area contributed by atoms with Crippen LogP contribution in [0.5, 0.6) is 5.88 Å². The first-order valence-corrected chi connectivity index (χ1v) is 4.90. The molecule has 0 aromatic carbocycles. The van der Waals surface area contributed by atoms with Crippen molar-refractivity contribution >= 4 is 17.2 Å². The van der Waals surface area contributed by atoms with Crippen LogP contribution in [0, 0.1) is 0 Å². The molecule has 4 nitrogen and oxygen atoms in total. The third kappa shape index (κ3) is 2.92. The van der Waals surface area contributed by atoms with Gasteiger partial charge in [0.15, 0.2) is 5.69 Å². The number of hydrogen-bond donors (Lipinski definition) is 1. The molecule has 0 atom stereocenters. The fraction of sp³-hybridized carbons (Fsp3) is 0.444. The van der Waals surface area contributed by atoms with E-state index in [0.717, 1.165) is 12.8 Å². The number of hydrogen-bond acceptors (Lipinski definition) is 4. The molecule has 0 aliphatic carbocycles. The van der Waals surface area contributed by atoms with Crippen molar-refractivity contribution in [2.75, 3.05) is 6.61 Å². The summed E-state index contributed by atoms with van der Waals surface area (Å²) < 4.78 is 5.40. The van der Waals surface area contributed by atoms with Gasteiger partial charge in [-0.05, 0) is 6.42 Å². The first-order chi connectivity index (χ1) is 6.75. The summed E-state index contributed by atoms with van der Waals surface area (Å²) >= 11 is 4.82. The van der Waals surface area contributed by atoms with E-state index in [2.05, 4.69) is 16.9 Å². The Balaban J connectivity index is 2.69. The molecule has 0 fully saturated rings. The Morgan fingerprint density at radius 2 is 2.21 bits per heavy atom. The Bertz CT molecular complexity index is 317. The third-order valence-corrected chi connectivity index (χ3v) is 1.83. The number of nitrogens with zero attached hydrogens (tertiary/aromatic N) is 2. The van der Waals surface area contributed by atoms with Crippen molar-refractivity contribution in [3.05, 3.63) is 18.1 Å². The molecule has 5 heteroatoms. The quantitative estimate of drug-likeness (QED) is 0.587. The van der Waals surface area contributed by atoms with E-state index in [0.29, 0.717) is 18.2 Å². The zero-order valence-electron chi connectivity index (χ0n) is 8.06. The monoisotopic (exact) mass is 211 g/mol. The van der Waals surface area contributed by atoms with Crippen molar-refractivity contribution in [1.29, 1.82) is 0 Å². The lowest BCUT2D eigenvalue weighted by Gasteiger charge is -2.06. The number of unbranched alkanes of at least 4 members (excludes halogenated alkanes) is 1. The zero-order valence-corrected chi connectivity index (χ0v) is 8.88. The van der Waals surface area contributed by atoms with Gasteiger partial charge in [-0.25, -0.2) is 9.97 Å². The molecular formula is C9H13N3OS. The second-order valence-electron chi connectivity index (χ2n) is 2.78. The minimum absolute atomic E-state index is 0.213. The molecule has 0 bridgehead atoms. The van der Waals surface area contributed by atoms with Crippen LogP contribution >= 0.6 is 12.2 Å². The van der Waals surface area contributed by atoms with Crippen molar-refractivity contribution in [3.63, 3.8) is 0 Å². The van der Waals surface area contributed by atoms with Crippen molar-refractivity contribution in [3.8, 4) is 5.88 Å². The molecule has 76 valence electrons. The van der Waals surface area contributed by atoms with E-state index in [4.69, 9.17) is 22.7 Å². The summed E-state index contributed by atoms with van der Waals surface area (Å²) in [6.07, 6.45) is 5.15. The molecule has 1 aromatic heterocycles. The van der Waals surface area contributed by atoms with Gasteiger partial charge in [-0.1, -0.05) is 25.6 Å². The molecule has 1 heterocycles. The van der Waals surface area contributed by atoms with Crippen LogP contribution in [0.4, 0.5) is 0 Å². The highest BCUT2D eigenvalue weighted by molar-refractivity contribution is 7.80. The molecule has 0 radical (unpaired) electrons. The smallest absolute Gasteiger partial charge is 0.243 e. The Morgan fingerprint density at radius 3 is 2.86 bits per heavy atom. The van der Waals surface area contributed by atoms with Crippen molar-refractivity contribution < 1.29 is 4.74 Å². The van der Waals surface area contributed by atoms with Crippen LogP contribution in [0.3, 0.4) is 0 Å². The van der Waals surface area contributed by atoms with Gasteiger partial charge in [0.1, 0.15) is 4.99 Å². The van der Waals surface area contributed by atoms with Crippen LogP contribution in [0.25, 0.3) is 0 Å². The molecule has 0 amide bonds. The predicted molar refractivity (Wildman–Crippen MR) is 58.3 cm³/mol. The van der Waals surface area contributed by atoms with Crippen LogP contribution in [0.2, 0.25) is 0 Å². The van der Waals surface area contributed by atoms with E-state index in [9.17, 15) is 0 Å². The number of ether oxygens (including phenoxy) is 1. The third-order valence-electron chi connectivity index (χ3n) is 1.63. The van der Waals surface area contributed by atoms with E-state index in [1.807, 2.05) is 0 Å². The van der Waals surface area contributed by atoms with Gasteiger partial charge in [0, 0.05) is 12.4 Å². The fourth-order valence-electron chi connectivity index (χ4n) is 0.913. The predicted octanol–water partition coefficient (Wildman–Crippen LogP) is 1.29. The highest BCUT2D eigenvalue weighted by atomic mass is 32.1. The normalized spacial score (nSPS) is 9.79. The SMILES string of the molecule is CCCCOc1nccnc1C(N)=S. The maximum absolute atomic E-state index is 5.47. The maximum atomic E-state index is 5.47. The summed E-state index contributed by atoms with van der Waals surface area (Å²) in [4.78, 5) is 8.24. The topological polar surface area (TPSA) is 61.0 Å². The summed E-state index contributed by atoms with van der Waals surface area (Å²) in [6.45, 7) is 2.71. The van der Waals surface area contributed by atoms with Gasteiger partial charge < -0.3 is 10.5 Å². The lowest BCUT2D eigenvalue weighted by Crippen LogP contribution is -2.15. The van der Waals surface area contributed by atoms with Gasteiger partial charge in [-0.15, -0.1) is 0 Å². The van der Waals surface area contributed by atoms with Crippen LogP contribution in [0.1, 0.15) is 25.5 Å². The largest absolute Gasteiger partial charge is 0.476 e. The lowest BCUT2D eigenvalue weighted by molar-refractivity contribution is 0.296. The van der Waals surface area contributed by atoms with Gasteiger partial charge in [0.25, 0.3) is 0 Å². The standard InChI is InChI=1S/C9H13N3OS/c1-2-3-6-13-9-7(8(10)14)11-4-5-12-9/h4-5H,2-3,6H2,1H3,(H2,10,14). The van der Waals surface area contributed by atoms with Gasteiger partial charge in [0.05, 0.1) is 6.61 Å². The molecule has 2 N–H and O–H groups in total. The molecule has 0 saturated heterocycles. The highest BCUT2D eigenvalue weighted by Gasteiger charge is 2.07. The van der Waals surface area contributed by atoms with Crippen LogP contribution in [0.15, 0.2) is 12.4 Å². The van der Waals surface area contributed by atoms with Gasteiger partial charge >= 0.3 is 0 Å². The number of thiocarbonyl (C=S) groups is 1. The van der Waals surface area contributed by atoms with E-state index in [1.54, 1.807) is 12.4 Å². The highest BCUT2D eigenvalue weighted by Crippen LogP contribution is 2.11. The zero-order chi connectivity index (χ0) is 10.4. The number of aromatic nitrogens is 2. The number of rotatable bonds is 5. The molecule has 0 saturated carbocycles. The molecular weight excluding hydrogens is 198 g/mol. The minimum Gasteiger partial charge on any atom is -0.476 e. The molecule has 1 aromatic rings. The Labute approximate surface area is 88.5 Å². The van der Waals surface area contributed by atoms with Gasteiger partial charge in [-0.2, -0.15) is 0 Å². The second-order valence-corrected chi connectivity index (χ2v) is 3.22. The van der Waals surface area contributed by atoms with E-state index in [-0.39, 0.29) is 4.99 Å². The Morgan fingerprint density at radius 1 is 1.50 bits per heavy atom. The summed E-state index contributed by atoms with van der Waals surface area (Å²) in [5, 5.41) is 0. The second kappa shape index (κ2) is 5.49. The maximum Gasteiger partial charge on any atom is 0.243 e. The molecule has 0 unspecified atom stereocenters. The van der Waals surface area contributed by atoms with Crippen LogP contribution in [-0.4, -0.2) is 21.6 Å². The summed E-state index contributed by atoms with van der Waals surface area (Å²) in [5.41, 5.74) is 5.92. The number of nitrogens with two attached hydrogens (primary N) is 1. The van der Waals surface area contributed by atoms with Crippen molar-refractivity contribution in [2.45, 2.75) is 19.8 Å². The van der Waals surface area contributed by atoms with Crippen LogP contribution < -0.4 is 10.5 Å². The lowest BCUT2D eigenvalue weighted by atomic mass is 10.3. The molecule has 0 aliphatic rings. The average molecular weight is 211 g/mol. The molecule has 0 aliphatic heterocycles. The minimum atomic E-state index is 0.213. The van der Waals surface area contributed by atoms with E-state index in [1.165, 1.54) is 0 Å². The van der Waals surface area contributed by atoms with Crippen molar-refractivity contribution in [1.82, 2.24) is 9.97 Å². The summed E-state index contributed by atoms with van der Waals surface area (Å²) in [7, 11) is 0. The van der Waals surface area contributed by atoms with Gasteiger partial charge in [-0.3, -0.25) is 0 Å². The molecule has 14 heavy (non-hydrogen) atoms. The fourth-order valence-corrected chi connectivity index (χ4v) is 1.05. The van der Waals surface area contributed by atoms with Crippen LogP contribution in [-0.2, 0) is 0 Å². The molecule has 0 spiro atoms. The average Bonchev–Trinajstić information content (AvgIpc) is 2.19. The molecule has 1 rings (SSSR count). The summed E-state index contributed by atoms with van der Waals surface area (Å²) in [6, 6.07) is 0. The van der Waals surface area contributed by atoms with Crippen molar-refractivity contribution in [2.24, 2.45) is 5.73 Å².